The smallest absolute Gasteiger partial charge is 0.0701 e. The van der Waals surface area contributed by atoms with E-state index < -0.39 is 0 Å². The molecular weight excluding hydrogens is 322 g/mol. The molecule has 1 aliphatic rings. The Labute approximate surface area is 129 Å². The molecule has 0 saturated heterocycles. The van der Waals surface area contributed by atoms with Crippen molar-refractivity contribution >= 4 is 27.3 Å². The standard InChI is InChI=1S/C15H24BrNOS/c1-15(2)6-4-5-12(14(15)18)9-17(3)8-11-7-13(16)19-10-11/h7,10,12,14,18H,4-6,8-9H2,1-3H3. The lowest BCUT2D eigenvalue weighted by atomic mass is 9.69. The van der Waals surface area contributed by atoms with Gasteiger partial charge in [-0.25, -0.2) is 0 Å². The van der Waals surface area contributed by atoms with E-state index in [1.807, 2.05) is 0 Å². The highest BCUT2D eigenvalue weighted by Crippen LogP contribution is 2.39. The average molecular weight is 346 g/mol. The molecule has 19 heavy (non-hydrogen) atoms. The number of hydrogen-bond acceptors (Lipinski definition) is 3. The fourth-order valence-electron chi connectivity index (χ4n) is 3.16. The highest BCUT2D eigenvalue weighted by molar-refractivity contribution is 9.11. The minimum Gasteiger partial charge on any atom is -0.392 e. The lowest BCUT2D eigenvalue weighted by Crippen LogP contribution is -2.44. The summed E-state index contributed by atoms with van der Waals surface area (Å²) < 4.78 is 1.19. The SMILES string of the molecule is CN(Cc1csc(Br)c1)CC1CCCC(C)(C)C1O. The van der Waals surface area contributed by atoms with Gasteiger partial charge in [-0.3, -0.25) is 0 Å². The summed E-state index contributed by atoms with van der Waals surface area (Å²) in [6, 6.07) is 2.18. The van der Waals surface area contributed by atoms with E-state index in [1.54, 1.807) is 11.3 Å². The van der Waals surface area contributed by atoms with Gasteiger partial charge in [-0.15, -0.1) is 11.3 Å². The van der Waals surface area contributed by atoms with E-state index in [1.165, 1.54) is 15.8 Å². The first-order valence-corrected chi connectivity index (χ1v) is 8.65. The Balaban J connectivity index is 1.89. The molecule has 0 radical (unpaired) electrons. The maximum atomic E-state index is 10.5. The Morgan fingerprint density at radius 1 is 1.53 bits per heavy atom. The van der Waals surface area contributed by atoms with Crippen molar-refractivity contribution in [1.29, 1.82) is 0 Å². The van der Waals surface area contributed by atoms with E-state index in [4.69, 9.17) is 0 Å². The zero-order valence-corrected chi connectivity index (χ0v) is 14.4. The first-order valence-electron chi connectivity index (χ1n) is 6.98. The molecule has 108 valence electrons. The van der Waals surface area contributed by atoms with Crippen LogP contribution >= 0.6 is 27.3 Å². The normalized spacial score (nSPS) is 26.8. The Hall–Kier alpha value is 0.1000. The third kappa shape index (κ3) is 4.03. The third-order valence-corrected chi connectivity index (χ3v) is 5.82. The molecule has 2 unspecified atom stereocenters. The summed E-state index contributed by atoms with van der Waals surface area (Å²) in [6.07, 6.45) is 3.37. The average Bonchev–Trinajstić information content (AvgIpc) is 2.70. The lowest BCUT2D eigenvalue weighted by molar-refractivity contribution is -0.0414. The molecule has 1 saturated carbocycles. The van der Waals surface area contributed by atoms with Crippen molar-refractivity contribution in [2.24, 2.45) is 11.3 Å². The van der Waals surface area contributed by atoms with Gasteiger partial charge in [0.25, 0.3) is 0 Å². The molecule has 1 fully saturated rings. The lowest BCUT2D eigenvalue weighted by Gasteiger charge is -2.42. The summed E-state index contributed by atoms with van der Waals surface area (Å²) in [5.74, 6) is 0.413. The van der Waals surface area contributed by atoms with Gasteiger partial charge in [-0.2, -0.15) is 0 Å². The zero-order valence-electron chi connectivity index (χ0n) is 12.0. The van der Waals surface area contributed by atoms with Crippen molar-refractivity contribution in [3.05, 3.63) is 20.8 Å². The predicted molar refractivity (Wildman–Crippen MR) is 85.5 cm³/mol. The predicted octanol–water partition coefficient (Wildman–Crippen LogP) is 4.13. The number of halogens is 1. The second kappa shape index (κ2) is 6.25. The number of thiophene rings is 1. The molecule has 1 aliphatic carbocycles. The molecule has 2 atom stereocenters. The third-order valence-electron chi connectivity index (χ3n) is 4.26. The van der Waals surface area contributed by atoms with Crippen molar-refractivity contribution in [3.8, 4) is 0 Å². The minimum atomic E-state index is -0.169. The molecule has 0 aliphatic heterocycles. The molecule has 1 N–H and O–H groups in total. The molecule has 0 amide bonds. The van der Waals surface area contributed by atoms with E-state index >= 15 is 0 Å². The quantitative estimate of drug-likeness (QED) is 0.886. The monoisotopic (exact) mass is 345 g/mol. The number of rotatable bonds is 4. The molecule has 1 aromatic rings. The molecule has 0 bridgehead atoms. The largest absolute Gasteiger partial charge is 0.392 e. The zero-order chi connectivity index (χ0) is 14.0. The topological polar surface area (TPSA) is 23.5 Å². The van der Waals surface area contributed by atoms with Crippen LogP contribution in [0.25, 0.3) is 0 Å². The van der Waals surface area contributed by atoms with E-state index in [-0.39, 0.29) is 11.5 Å². The molecule has 0 aromatic carbocycles. The Morgan fingerprint density at radius 2 is 2.26 bits per heavy atom. The number of aliphatic hydroxyl groups excluding tert-OH is 1. The van der Waals surface area contributed by atoms with Crippen LogP contribution in [0.5, 0.6) is 0 Å². The van der Waals surface area contributed by atoms with E-state index in [2.05, 4.69) is 53.2 Å². The summed E-state index contributed by atoms with van der Waals surface area (Å²) in [4.78, 5) is 2.34. The van der Waals surface area contributed by atoms with E-state index in [0.29, 0.717) is 5.92 Å². The highest BCUT2D eigenvalue weighted by atomic mass is 79.9. The maximum absolute atomic E-state index is 10.5. The van der Waals surface area contributed by atoms with Crippen LogP contribution in [0.3, 0.4) is 0 Å². The Morgan fingerprint density at radius 3 is 2.89 bits per heavy atom. The first kappa shape index (κ1) is 15.5. The van der Waals surface area contributed by atoms with Gasteiger partial charge in [0.1, 0.15) is 0 Å². The van der Waals surface area contributed by atoms with Gasteiger partial charge in [0.05, 0.1) is 9.89 Å². The van der Waals surface area contributed by atoms with Crippen LogP contribution < -0.4 is 0 Å². The summed E-state index contributed by atoms with van der Waals surface area (Å²) in [6.45, 7) is 6.34. The van der Waals surface area contributed by atoms with Crippen LogP contribution in [0.15, 0.2) is 15.2 Å². The van der Waals surface area contributed by atoms with Gasteiger partial charge in [0, 0.05) is 13.1 Å². The van der Waals surface area contributed by atoms with Crippen LogP contribution in [0.1, 0.15) is 38.7 Å². The Kier molecular flexibility index (Phi) is 5.09. The fraction of sp³-hybridized carbons (Fsp3) is 0.733. The second-order valence-electron chi connectivity index (χ2n) is 6.54. The highest BCUT2D eigenvalue weighted by Gasteiger charge is 2.37. The molecule has 2 rings (SSSR count). The minimum absolute atomic E-state index is 0.0785. The van der Waals surface area contributed by atoms with Gasteiger partial charge in [-0.05, 0) is 64.2 Å². The molecule has 0 spiro atoms. The second-order valence-corrected chi connectivity index (χ2v) is 8.83. The van der Waals surface area contributed by atoms with Crippen LogP contribution in [-0.2, 0) is 6.54 Å². The van der Waals surface area contributed by atoms with Crippen molar-refractivity contribution in [1.82, 2.24) is 4.90 Å². The summed E-state index contributed by atoms with van der Waals surface area (Å²) >= 11 is 5.24. The van der Waals surface area contributed by atoms with Gasteiger partial charge in [-0.1, -0.05) is 20.3 Å². The van der Waals surface area contributed by atoms with Crippen molar-refractivity contribution in [2.45, 2.75) is 45.8 Å². The van der Waals surface area contributed by atoms with Gasteiger partial charge in [0.2, 0.25) is 0 Å². The van der Waals surface area contributed by atoms with E-state index in [0.717, 1.165) is 25.9 Å². The summed E-state index contributed by atoms with van der Waals surface area (Å²) in [7, 11) is 2.15. The number of hydrogen-bond donors (Lipinski definition) is 1. The van der Waals surface area contributed by atoms with Gasteiger partial charge >= 0.3 is 0 Å². The molecule has 4 heteroatoms. The molecule has 1 aromatic heterocycles. The first-order chi connectivity index (χ1) is 8.88. The van der Waals surface area contributed by atoms with Crippen LogP contribution in [0.2, 0.25) is 0 Å². The van der Waals surface area contributed by atoms with Crippen molar-refractivity contribution < 1.29 is 5.11 Å². The Bertz CT molecular complexity index is 418. The maximum Gasteiger partial charge on any atom is 0.0701 e. The molecule has 1 heterocycles. The molecular formula is C15H24BrNOS. The van der Waals surface area contributed by atoms with Crippen LogP contribution in [-0.4, -0.2) is 29.7 Å². The van der Waals surface area contributed by atoms with Gasteiger partial charge < -0.3 is 10.0 Å². The van der Waals surface area contributed by atoms with Crippen LogP contribution in [0, 0.1) is 11.3 Å². The van der Waals surface area contributed by atoms with Gasteiger partial charge in [0.15, 0.2) is 0 Å². The van der Waals surface area contributed by atoms with Crippen molar-refractivity contribution in [2.75, 3.05) is 13.6 Å². The fourth-order valence-corrected chi connectivity index (χ4v) is 4.36. The van der Waals surface area contributed by atoms with E-state index in [9.17, 15) is 5.11 Å². The van der Waals surface area contributed by atoms with Crippen molar-refractivity contribution in [3.63, 3.8) is 0 Å². The summed E-state index contributed by atoms with van der Waals surface area (Å²) in [5, 5.41) is 12.7. The number of nitrogens with zero attached hydrogens (tertiary/aromatic N) is 1. The number of aliphatic hydroxyl groups is 1. The van der Waals surface area contributed by atoms with Crippen LogP contribution in [0.4, 0.5) is 0 Å². The molecule has 2 nitrogen and oxygen atoms in total. The summed E-state index contributed by atoms with van der Waals surface area (Å²) in [5.41, 5.74) is 1.43.